The molecule has 1 N–H and O–H groups in total. The number of rotatable bonds is 8. The fourth-order valence-corrected chi connectivity index (χ4v) is 2.92. The molecular formula is C18H29ClN2O3. The number of nitrogens with one attached hydrogen (secondary N) is 1. The van der Waals surface area contributed by atoms with Crippen LogP contribution in [0.1, 0.15) is 29.6 Å². The third kappa shape index (κ3) is 6.30. The van der Waals surface area contributed by atoms with E-state index in [-0.39, 0.29) is 18.3 Å². The van der Waals surface area contributed by atoms with E-state index in [1.54, 1.807) is 7.11 Å². The number of nitrogens with zero attached hydrogens (tertiary/aromatic N) is 1. The van der Waals surface area contributed by atoms with E-state index in [1.165, 1.54) is 0 Å². The number of piperidine rings is 1. The average molecular weight is 357 g/mol. The highest BCUT2D eigenvalue weighted by atomic mass is 35.5. The quantitative estimate of drug-likeness (QED) is 0.727. The van der Waals surface area contributed by atoms with Gasteiger partial charge in [-0.2, -0.15) is 0 Å². The molecule has 24 heavy (non-hydrogen) atoms. The van der Waals surface area contributed by atoms with E-state index in [2.05, 4.69) is 5.32 Å². The first-order valence-corrected chi connectivity index (χ1v) is 8.40. The van der Waals surface area contributed by atoms with Crippen molar-refractivity contribution in [1.29, 1.82) is 0 Å². The molecule has 0 atom stereocenters. The molecule has 0 bridgehead atoms. The molecule has 0 aromatic heterocycles. The molecule has 0 unspecified atom stereocenters. The van der Waals surface area contributed by atoms with Gasteiger partial charge in [0, 0.05) is 38.8 Å². The molecule has 0 spiro atoms. The summed E-state index contributed by atoms with van der Waals surface area (Å²) in [4.78, 5) is 14.6. The number of halogens is 1. The van der Waals surface area contributed by atoms with Gasteiger partial charge in [0.05, 0.1) is 6.61 Å². The van der Waals surface area contributed by atoms with Crippen LogP contribution in [0.25, 0.3) is 0 Å². The zero-order valence-corrected chi connectivity index (χ0v) is 15.4. The Bertz CT molecular complexity index is 491. The van der Waals surface area contributed by atoms with E-state index in [9.17, 15) is 4.79 Å². The van der Waals surface area contributed by atoms with Crippen LogP contribution in [0, 0.1) is 5.92 Å². The van der Waals surface area contributed by atoms with Crippen LogP contribution in [0.5, 0.6) is 5.75 Å². The Hall–Kier alpha value is -1.30. The van der Waals surface area contributed by atoms with Gasteiger partial charge < -0.3 is 19.7 Å². The Morgan fingerprint density at radius 2 is 2.04 bits per heavy atom. The highest BCUT2D eigenvalue weighted by Crippen LogP contribution is 2.20. The number of amides is 1. The van der Waals surface area contributed by atoms with E-state index in [0.29, 0.717) is 24.7 Å². The van der Waals surface area contributed by atoms with Crippen LogP contribution >= 0.6 is 12.4 Å². The lowest BCUT2D eigenvalue weighted by Crippen LogP contribution is -2.40. The molecule has 2 rings (SSSR count). The molecule has 6 heteroatoms. The number of methoxy groups -OCH3 is 1. The number of carbonyl (C=O) groups excluding carboxylic acids is 1. The van der Waals surface area contributed by atoms with Crippen molar-refractivity contribution in [3.05, 3.63) is 29.8 Å². The third-order valence-electron chi connectivity index (χ3n) is 4.24. The lowest BCUT2D eigenvalue weighted by molar-refractivity contribution is 0.0690. The second-order valence-electron chi connectivity index (χ2n) is 6.02. The molecule has 1 aliphatic heterocycles. The maximum atomic E-state index is 12.6. The molecule has 1 aliphatic rings. The Labute approximate surface area is 151 Å². The van der Waals surface area contributed by atoms with Crippen molar-refractivity contribution in [1.82, 2.24) is 10.2 Å². The van der Waals surface area contributed by atoms with E-state index in [4.69, 9.17) is 9.47 Å². The number of likely N-dealkylation sites (tertiary alicyclic amines) is 1. The first-order valence-electron chi connectivity index (χ1n) is 8.40. The van der Waals surface area contributed by atoms with Gasteiger partial charge in [0.25, 0.3) is 5.91 Å². The number of carbonyl (C=O) groups is 1. The zero-order chi connectivity index (χ0) is 16.5. The molecule has 1 amide bonds. The first-order chi connectivity index (χ1) is 11.2. The van der Waals surface area contributed by atoms with Gasteiger partial charge >= 0.3 is 0 Å². The van der Waals surface area contributed by atoms with E-state index in [1.807, 2.05) is 36.2 Å². The average Bonchev–Trinajstić information content (AvgIpc) is 2.59. The van der Waals surface area contributed by atoms with Crippen molar-refractivity contribution in [3.63, 3.8) is 0 Å². The van der Waals surface area contributed by atoms with Gasteiger partial charge in [-0.15, -0.1) is 12.4 Å². The minimum Gasteiger partial charge on any atom is -0.493 e. The summed E-state index contributed by atoms with van der Waals surface area (Å²) in [6.07, 6.45) is 2.98. The number of ether oxygens (including phenoxy) is 2. The summed E-state index contributed by atoms with van der Waals surface area (Å²) in [5.41, 5.74) is 0.710. The first kappa shape index (κ1) is 20.7. The van der Waals surface area contributed by atoms with Gasteiger partial charge in [0.15, 0.2) is 0 Å². The summed E-state index contributed by atoms with van der Waals surface area (Å²) >= 11 is 0. The SMILES string of the molecule is CNCC1CCN(C(=O)c2cccc(OCCCOC)c2)CC1.Cl. The Kier molecular flexibility index (Phi) is 9.76. The summed E-state index contributed by atoms with van der Waals surface area (Å²) < 4.78 is 10.7. The molecule has 5 nitrogen and oxygen atoms in total. The fraction of sp³-hybridized carbons (Fsp3) is 0.611. The van der Waals surface area contributed by atoms with Crippen LogP contribution in [0.2, 0.25) is 0 Å². The van der Waals surface area contributed by atoms with E-state index >= 15 is 0 Å². The van der Waals surface area contributed by atoms with Gasteiger partial charge in [-0.25, -0.2) is 0 Å². The lowest BCUT2D eigenvalue weighted by Gasteiger charge is -2.32. The van der Waals surface area contributed by atoms with Crippen LogP contribution in [0.4, 0.5) is 0 Å². The minimum absolute atomic E-state index is 0. The fourth-order valence-electron chi connectivity index (χ4n) is 2.92. The van der Waals surface area contributed by atoms with Crippen LogP contribution in [0.3, 0.4) is 0 Å². The Morgan fingerprint density at radius 3 is 2.71 bits per heavy atom. The van der Waals surface area contributed by atoms with Crippen molar-refractivity contribution in [2.75, 3.05) is 47.0 Å². The molecule has 0 saturated carbocycles. The molecule has 1 saturated heterocycles. The predicted octanol–water partition coefficient (Wildman–Crippen LogP) is 2.60. The summed E-state index contributed by atoms with van der Waals surface area (Å²) in [6.45, 7) is 3.99. The molecule has 136 valence electrons. The predicted molar refractivity (Wildman–Crippen MR) is 98.2 cm³/mol. The minimum atomic E-state index is 0. The summed E-state index contributed by atoms with van der Waals surface area (Å²) in [7, 11) is 3.66. The number of hydrogen-bond donors (Lipinski definition) is 1. The molecular weight excluding hydrogens is 328 g/mol. The zero-order valence-electron chi connectivity index (χ0n) is 14.6. The van der Waals surface area contributed by atoms with Gasteiger partial charge in [0.1, 0.15) is 5.75 Å². The highest BCUT2D eigenvalue weighted by Gasteiger charge is 2.23. The monoisotopic (exact) mass is 356 g/mol. The molecule has 1 fully saturated rings. The molecule has 0 aliphatic carbocycles. The second-order valence-corrected chi connectivity index (χ2v) is 6.02. The normalized spacial score (nSPS) is 15.0. The topological polar surface area (TPSA) is 50.8 Å². The lowest BCUT2D eigenvalue weighted by atomic mass is 9.96. The maximum Gasteiger partial charge on any atom is 0.253 e. The van der Waals surface area contributed by atoms with Crippen molar-refractivity contribution >= 4 is 18.3 Å². The van der Waals surface area contributed by atoms with Gasteiger partial charge in [-0.05, 0) is 50.6 Å². The van der Waals surface area contributed by atoms with Crippen LogP contribution in [0.15, 0.2) is 24.3 Å². The van der Waals surface area contributed by atoms with Crippen LogP contribution in [-0.4, -0.2) is 57.8 Å². The second kappa shape index (κ2) is 11.3. The maximum absolute atomic E-state index is 12.6. The highest BCUT2D eigenvalue weighted by molar-refractivity contribution is 5.94. The largest absolute Gasteiger partial charge is 0.493 e. The van der Waals surface area contributed by atoms with Crippen molar-refractivity contribution < 1.29 is 14.3 Å². The van der Waals surface area contributed by atoms with Crippen molar-refractivity contribution in [2.45, 2.75) is 19.3 Å². The molecule has 0 radical (unpaired) electrons. The van der Waals surface area contributed by atoms with Crippen molar-refractivity contribution in [3.8, 4) is 5.75 Å². The van der Waals surface area contributed by atoms with Gasteiger partial charge in [-0.3, -0.25) is 4.79 Å². The molecule has 1 aromatic rings. The smallest absolute Gasteiger partial charge is 0.253 e. The summed E-state index contributed by atoms with van der Waals surface area (Å²) in [5.74, 6) is 1.53. The standard InChI is InChI=1S/C18H28N2O3.ClH/c1-19-14-15-7-9-20(10-8-15)18(21)16-5-3-6-17(13-16)23-12-4-11-22-2;/h3,5-6,13,15,19H,4,7-12,14H2,1-2H3;1H. The van der Waals surface area contributed by atoms with E-state index < -0.39 is 0 Å². The van der Waals surface area contributed by atoms with Crippen LogP contribution < -0.4 is 10.1 Å². The number of benzene rings is 1. The Balaban J connectivity index is 0.00000288. The van der Waals surface area contributed by atoms with Crippen molar-refractivity contribution in [2.24, 2.45) is 5.92 Å². The molecule has 1 aromatic carbocycles. The van der Waals surface area contributed by atoms with E-state index in [0.717, 1.165) is 44.6 Å². The molecule has 1 heterocycles. The van der Waals surface area contributed by atoms with Gasteiger partial charge in [0.2, 0.25) is 0 Å². The van der Waals surface area contributed by atoms with Crippen LogP contribution in [-0.2, 0) is 4.74 Å². The third-order valence-corrected chi connectivity index (χ3v) is 4.24. The Morgan fingerprint density at radius 1 is 1.29 bits per heavy atom. The summed E-state index contributed by atoms with van der Waals surface area (Å²) in [6, 6.07) is 7.48. The summed E-state index contributed by atoms with van der Waals surface area (Å²) in [5, 5.41) is 3.22. The number of hydrogen-bond acceptors (Lipinski definition) is 4. The van der Waals surface area contributed by atoms with Gasteiger partial charge in [-0.1, -0.05) is 6.07 Å².